The lowest BCUT2D eigenvalue weighted by Crippen LogP contribution is -2.20. The molecule has 0 atom stereocenters. The number of nitrogens with zero attached hydrogens (tertiary/aromatic N) is 1. The first-order chi connectivity index (χ1) is 11.7. The fourth-order valence-electron chi connectivity index (χ4n) is 3.09. The third-order valence-electron chi connectivity index (χ3n) is 4.50. The lowest BCUT2D eigenvalue weighted by Gasteiger charge is -2.26. The first-order valence-corrected chi connectivity index (χ1v) is 8.84. The van der Waals surface area contributed by atoms with E-state index in [-0.39, 0.29) is 0 Å². The Hall–Kier alpha value is -1.92. The van der Waals surface area contributed by atoms with E-state index in [0.717, 1.165) is 32.1 Å². The standard InChI is InChI=1S/C21H26FNO/c1-2-4-17-7-9-19(10-8-17)16-24-21-13-11-18(12-14-21)5-3-6-20(22)15-23/h3,5-10,18,21H,2,4,11-14,16H2,1H3/t18-,21-. The molecule has 3 heteroatoms. The van der Waals surface area contributed by atoms with E-state index in [2.05, 4.69) is 31.2 Å². The fourth-order valence-corrected chi connectivity index (χ4v) is 3.09. The molecule has 2 rings (SSSR count). The summed E-state index contributed by atoms with van der Waals surface area (Å²) in [5.41, 5.74) is 2.62. The average molecular weight is 327 g/mol. The van der Waals surface area contributed by atoms with Gasteiger partial charge in [0.1, 0.15) is 6.07 Å². The van der Waals surface area contributed by atoms with Crippen molar-refractivity contribution >= 4 is 0 Å². The smallest absolute Gasteiger partial charge is 0.199 e. The topological polar surface area (TPSA) is 33.0 Å². The first kappa shape index (κ1) is 18.4. The maximum atomic E-state index is 12.7. The average Bonchev–Trinajstić information content (AvgIpc) is 2.62. The largest absolute Gasteiger partial charge is 0.374 e. The van der Waals surface area contributed by atoms with Gasteiger partial charge in [0.05, 0.1) is 12.7 Å². The van der Waals surface area contributed by atoms with Crippen molar-refractivity contribution in [3.05, 3.63) is 59.4 Å². The van der Waals surface area contributed by atoms with E-state index in [4.69, 9.17) is 10.00 Å². The molecular weight excluding hydrogens is 301 g/mol. The molecule has 0 spiro atoms. The molecule has 1 aliphatic rings. The number of hydrogen-bond donors (Lipinski definition) is 0. The van der Waals surface area contributed by atoms with Crippen molar-refractivity contribution in [1.29, 1.82) is 5.26 Å². The predicted molar refractivity (Wildman–Crippen MR) is 94.9 cm³/mol. The maximum Gasteiger partial charge on any atom is 0.199 e. The Morgan fingerprint density at radius 3 is 2.50 bits per heavy atom. The minimum atomic E-state index is -0.742. The molecule has 2 nitrogen and oxygen atoms in total. The molecule has 1 saturated carbocycles. The third-order valence-corrected chi connectivity index (χ3v) is 4.50. The van der Waals surface area contributed by atoms with E-state index in [1.807, 2.05) is 6.08 Å². The van der Waals surface area contributed by atoms with Gasteiger partial charge in [-0.15, -0.1) is 0 Å². The van der Waals surface area contributed by atoms with Gasteiger partial charge in [-0.3, -0.25) is 0 Å². The first-order valence-electron chi connectivity index (χ1n) is 8.84. The van der Waals surface area contributed by atoms with Gasteiger partial charge >= 0.3 is 0 Å². The fraction of sp³-hybridized carbons (Fsp3) is 0.476. The molecule has 0 radical (unpaired) electrons. The monoisotopic (exact) mass is 327 g/mol. The van der Waals surface area contributed by atoms with Crippen LogP contribution in [0.25, 0.3) is 0 Å². The maximum absolute atomic E-state index is 12.7. The highest BCUT2D eigenvalue weighted by molar-refractivity contribution is 5.22. The van der Waals surface area contributed by atoms with Crippen molar-refractivity contribution < 1.29 is 9.13 Å². The SMILES string of the molecule is CCCc1ccc(CO[C@H]2CC[C@H](C=CC=C(F)C#N)CC2)cc1. The second kappa shape index (κ2) is 10.1. The number of halogens is 1. The van der Waals surface area contributed by atoms with Crippen molar-refractivity contribution in [1.82, 2.24) is 0 Å². The van der Waals surface area contributed by atoms with Crippen LogP contribution in [0.3, 0.4) is 0 Å². The summed E-state index contributed by atoms with van der Waals surface area (Å²) in [5, 5.41) is 8.36. The number of hydrogen-bond acceptors (Lipinski definition) is 2. The van der Waals surface area contributed by atoms with Gasteiger partial charge in [0.2, 0.25) is 0 Å². The van der Waals surface area contributed by atoms with E-state index in [0.29, 0.717) is 18.6 Å². The highest BCUT2D eigenvalue weighted by atomic mass is 19.1. The van der Waals surface area contributed by atoms with E-state index in [9.17, 15) is 4.39 Å². The molecule has 0 bridgehead atoms. The van der Waals surface area contributed by atoms with Crippen molar-refractivity contribution in [2.45, 2.75) is 58.2 Å². The number of nitriles is 1. The summed E-state index contributed by atoms with van der Waals surface area (Å²) in [5.74, 6) is -0.283. The van der Waals surface area contributed by atoms with Gasteiger partial charge in [0, 0.05) is 0 Å². The van der Waals surface area contributed by atoms with Crippen LogP contribution in [0.2, 0.25) is 0 Å². The lowest BCUT2D eigenvalue weighted by molar-refractivity contribution is 0.0110. The number of rotatable bonds is 7. The normalized spacial score (nSPS) is 21.8. The molecule has 128 valence electrons. The Bertz CT molecular complexity index is 589. The third kappa shape index (κ3) is 6.29. The number of allylic oxidation sites excluding steroid dienone is 4. The molecule has 0 aromatic heterocycles. The number of aryl methyl sites for hydroxylation is 1. The Kier molecular flexibility index (Phi) is 7.71. The van der Waals surface area contributed by atoms with Crippen LogP contribution in [0, 0.1) is 17.2 Å². The zero-order chi connectivity index (χ0) is 17.2. The van der Waals surface area contributed by atoms with Gasteiger partial charge in [-0.25, -0.2) is 0 Å². The molecule has 0 amide bonds. The predicted octanol–water partition coefficient (Wildman–Crippen LogP) is 5.65. The van der Waals surface area contributed by atoms with Gasteiger partial charge in [-0.05, 0) is 55.2 Å². The van der Waals surface area contributed by atoms with Crippen LogP contribution in [0.15, 0.2) is 48.3 Å². The van der Waals surface area contributed by atoms with E-state index < -0.39 is 5.83 Å². The van der Waals surface area contributed by atoms with E-state index in [1.165, 1.54) is 29.7 Å². The van der Waals surface area contributed by atoms with Crippen LogP contribution in [0.1, 0.15) is 50.2 Å². The van der Waals surface area contributed by atoms with E-state index >= 15 is 0 Å². The molecule has 0 heterocycles. The van der Waals surface area contributed by atoms with Crippen LogP contribution >= 0.6 is 0 Å². The molecule has 0 aliphatic heterocycles. The van der Waals surface area contributed by atoms with E-state index in [1.54, 1.807) is 6.08 Å². The van der Waals surface area contributed by atoms with Gasteiger partial charge in [-0.2, -0.15) is 9.65 Å². The number of benzene rings is 1. The Balaban J connectivity index is 1.70. The summed E-state index contributed by atoms with van der Waals surface area (Å²) in [6.45, 7) is 2.87. The van der Waals surface area contributed by atoms with Crippen LogP contribution in [0.5, 0.6) is 0 Å². The molecule has 24 heavy (non-hydrogen) atoms. The summed E-state index contributed by atoms with van der Waals surface area (Å²) < 4.78 is 18.7. The summed E-state index contributed by atoms with van der Waals surface area (Å²) >= 11 is 0. The molecule has 0 saturated heterocycles. The molecule has 1 fully saturated rings. The summed E-state index contributed by atoms with van der Waals surface area (Å²) in [6.07, 6.45) is 11.7. The zero-order valence-corrected chi connectivity index (χ0v) is 14.4. The van der Waals surface area contributed by atoms with Crippen LogP contribution in [-0.2, 0) is 17.8 Å². The highest BCUT2D eigenvalue weighted by Gasteiger charge is 2.19. The number of ether oxygens (including phenoxy) is 1. The molecule has 0 unspecified atom stereocenters. The molecule has 1 aliphatic carbocycles. The molecule has 1 aromatic carbocycles. The van der Waals surface area contributed by atoms with Crippen LogP contribution in [0.4, 0.5) is 4.39 Å². The molecule has 1 aromatic rings. The minimum Gasteiger partial charge on any atom is -0.374 e. The quantitative estimate of drug-likeness (QED) is 0.479. The Labute approximate surface area is 144 Å². The van der Waals surface area contributed by atoms with Crippen molar-refractivity contribution in [2.75, 3.05) is 0 Å². The zero-order valence-electron chi connectivity index (χ0n) is 14.4. The summed E-state index contributed by atoms with van der Waals surface area (Å²) in [4.78, 5) is 0. The molecular formula is C21H26FNO. The van der Waals surface area contributed by atoms with Gasteiger partial charge in [0.25, 0.3) is 0 Å². The lowest BCUT2D eigenvalue weighted by atomic mass is 9.87. The van der Waals surface area contributed by atoms with Crippen LogP contribution < -0.4 is 0 Å². The highest BCUT2D eigenvalue weighted by Crippen LogP contribution is 2.27. The van der Waals surface area contributed by atoms with Crippen molar-refractivity contribution in [3.8, 4) is 6.07 Å². The van der Waals surface area contributed by atoms with Crippen LogP contribution in [-0.4, -0.2) is 6.10 Å². The van der Waals surface area contributed by atoms with Crippen molar-refractivity contribution in [3.63, 3.8) is 0 Å². The van der Waals surface area contributed by atoms with Gasteiger partial charge in [0.15, 0.2) is 5.83 Å². The molecule has 0 N–H and O–H groups in total. The Morgan fingerprint density at radius 1 is 1.21 bits per heavy atom. The Morgan fingerprint density at radius 2 is 1.88 bits per heavy atom. The second-order valence-corrected chi connectivity index (χ2v) is 6.43. The van der Waals surface area contributed by atoms with Crippen molar-refractivity contribution in [2.24, 2.45) is 5.92 Å². The minimum absolute atomic E-state index is 0.316. The summed E-state index contributed by atoms with van der Waals surface area (Å²) in [6, 6.07) is 10.2. The van der Waals surface area contributed by atoms with Gasteiger partial charge < -0.3 is 4.74 Å². The van der Waals surface area contributed by atoms with Gasteiger partial charge in [-0.1, -0.05) is 49.8 Å². The summed E-state index contributed by atoms with van der Waals surface area (Å²) in [7, 11) is 0. The second-order valence-electron chi connectivity index (χ2n) is 6.43.